The molecule has 0 saturated heterocycles. The Labute approximate surface area is 408 Å². The summed E-state index contributed by atoms with van der Waals surface area (Å²) >= 11 is 17.1. The molecule has 0 aliphatic heterocycles. The number of carbonyl (C=O) groups is 4. The van der Waals surface area contributed by atoms with Crippen LogP contribution in [0.1, 0.15) is 51.7 Å². The zero-order valence-electron chi connectivity index (χ0n) is 38.6. The van der Waals surface area contributed by atoms with E-state index in [0.717, 1.165) is 33.4 Å². The van der Waals surface area contributed by atoms with Crippen molar-refractivity contribution >= 4 is 72.9 Å². The van der Waals surface area contributed by atoms with E-state index in [-0.39, 0.29) is 43.0 Å². The smallest absolute Gasteiger partial charge is 0.479 e. The van der Waals surface area contributed by atoms with Crippen LogP contribution in [-0.2, 0) is 46.1 Å². The molecule has 0 aromatic heterocycles. The molecule has 67 heavy (non-hydrogen) atoms. The lowest BCUT2D eigenvalue weighted by Crippen LogP contribution is -2.29. The van der Waals surface area contributed by atoms with Crippen molar-refractivity contribution in [1.82, 2.24) is 0 Å². The van der Waals surface area contributed by atoms with E-state index in [4.69, 9.17) is 49.4 Å². The zero-order valence-corrected chi connectivity index (χ0v) is 40.8. The third kappa shape index (κ3) is 25.2. The van der Waals surface area contributed by atoms with Gasteiger partial charge in [0.05, 0.1) is 12.2 Å². The highest BCUT2D eigenvalue weighted by atomic mass is 35.5. The van der Waals surface area contributed by atoms with Gasteiger partial charge in [0.15, 0.2) is 18.3 Å². The molecular weight excluding hydrogens is 928 g/mol. The Balaban J connectivity index is 0.000000398. The van der Waals surface area contributed by atoms with Gasteiger partial charge in [-0.2, -0.15) is 0 Å². The average molecular weight is 990 g/mol. The van der Waals surface area contributed by atoms with E-state index in [1.54, 1.807) is 41.3 Å². The fourth-order valence-electron chi connectivity index (χ4n) is 6.72. The maximum atomic E-state index is 12.1. The molecule has 5 N–H and O–H groups in total. The number of alkyl halides is 1. The number of aliphatic carboxylic acids is 1. The fraction of sp³-hybridized carbons (Fsp3) is 0.417. The molecule has 4 atom stereocenters. The van der Waals surface area contributed by atoms with Crippen molar-refractivity contribution in [3.63, 3.8) is 0 Å². The molecule has 4 aromatic carbocycles. The lowest BCUT2D eigenvalue weighted by molar-refractivity contribution is -0.164. The lowest BCUT2D eigenvalue weighted by Gasteiger charge is -2.20. The quantitative estimate of drug-likeness (QED) is 0.0173. The zero-order chi connectivity index (χ0) is 50.1. The van der Waals surface area contributed by atoms with Gasteiger partial charge < -0.3 is 49.1 Å². The second-order valence-electron chi connectivity index (χ2n) is 16.4. The largest absolute Gasteiger partial charge is 0.511 e. The molecule has 0 aliphatic carbocycles. The summed E-state index contributed by atoms with van der Waals surface area (Å²) < 4.78 is 23.0. The summed E-state index contributed by atoms with van der Waals surface area (Å²) in [4.78, 5) is 44.6. The van der Waals surface area contributed by atoms with Gasteiger partial charge in [0, 0.05) is 10.0 Å². The van der Waals surface area contributed by atoms with Crippen LogP contribution in [-0.4, -0.2) is 101 Å². The first kappa shape index (κ1) is 58.3. The lowest BCUT2D eigenvalue weighted by atomic mass is 9.62. The molecule has 0 saturated carbocycles. The number of carbonyl (C=O) groups excluding carboxylic acids is 3. The highest BCUT2D eigenvalue weighted by Gasteiger charge is 2.26. The molecule has 4 aromatic rings. The number of carboxylic acids is 1. The molecule has 0 amide bonds. The topological polar surface area (TPSA) is 216 Å². The minimum Gasteiger partial charge on any atom is -0.479 e. The highest BCUT2D eigenvalue weighted by Crippen LogP contribution is 2.27. The van der Waals surface area contributed by atoms with Gasteiger partial charge in [-0.25, -0.2) is 19.2 Å². The van der Waals surface area contributed by atoms with E-state index in [0.29, 0.717) is 35.5 Å². The molecule has 0 radical (unpaired) electrons. The second kappa shape index (κ2) is 31.3. The highest BCUT2D eigenvalue weighted by molar-refractivity contribution is 6.48. The van der Waals surface area contributed by atoms with Crippen LogP contribution in [0.25, 0.3) is 22.3 Å². The Bertz CT molecular complexity index is 2090. The first-order valence-corrected chi connectivity index (χ1v) is 23.0. The van der Waals surface area contributed by atoms with E-state index in [2.05, 4.69) is 14.2 Å². The van der Waals surface area contributed by atoms with Gasteiger partial charge >= 0.3 is 24.2 Å². The van der Waals surface area contributed by atoms with Gasteiger partial charge in [0.2, 0.25) is 6.79 Å². The van der Waals surface area contributed by atoms with Crippen molar-refractivity contribution in [2.24, 2.45) is 11.8 Å². The molecule has 14 nitrogen and oxygen atoms in total. The van der Waals surface area contributed by atoms with E-state index in [1.807, 2.05) is 97.1 Å². The predicted octanol–water partition coefficient (Wildman–Crippen LogP) is 9.95. The number of hydrogen-bond acceptors (Lipinski definition) is 13. The first-order chi connectivity index (χ1) is 31.6. The van der Waals surface area contributed by atoms with Crippen LogP contribution in [0, 0.1) is 11.8 Å². The van der Waals surface area contributed by atoms with Gasteiger partial charge in [0.25, 0.3) is 13.8 Å². The third-order valence-electron chi connectivity index (χ3n) is 9.51. The normalized spacial score (nSPS) is 12.5. The van der Waals surface area contributed by atoms with E-state index in [1.165, 1.54) is 0 Å². The molecule has 0 aliphatic rings. The number of ether oxygens (including phenoxy) is 5. The van der Waals surface area contributed by atoms with Gasteiger partial charge in [0.1, 0.15) is 0 Å². The van der Waals surface area contributed by atoms with Crippen molar-refractivity contribution in [3.8, 4) is 22.3 Å². The Morgan fingerprint density at radius 1 is 0.582 bits per heavy atom. The molecule has 0 bridgehead atoms. The number of carboxylic acid groups (broad SMARTS) is 1. The second-order valence-corrected chi connectivity index (χ2v) is 17.5. The summed E-state index contributed by atoms with van der Waals surface area (Å²) in [5, 5.41) is 49.6. The van der Waals surface area contributed by atoms with Crippen LogP contribution < -0.4 is 0 Å². The van der Waals surface area contributed by atoms with Gasteiger partial charge in [-0.1, -0.05) is 121 Å². The van der Waals surface area contributed by atoms with Crippen LogP contribution in [0.15, 0.2) is 97.1 Å². The van der Waals surface area contributed by atoms with Crippen LogP contribution >= 0.6 is 34.8 Å². The fourth-order valence-corrected chi connectivity index (χ4v) is 7.19. The van der Waals surface area contributed by atoms with E-state index < -0.39 is 57.1 Å². The number of aliphatic hydroxyl groups is 2. The van der Waals surface area contributed by atoms with Crippen LogP contribution in [0.5, 0.6) is 0 Å². The summed E-state index contributed by atoms with van der Waals surface area (Å²) in [7, 11) is 0. The molecule has 0 spiro atoms. The first-order valence-electron chi connectivity index (χ1n) is 21.7. The van der Waals surface area contributed by atoms with Gasteiger partial charge in [-0.15, -0.1) is 0 Å². The Morgan fingerprint density at radius 3 is 1.34 bits per heavy atom. The van der Waals surface area contributed by atoms with Crippen LogP contribution in [0.4, 0.5) is 9.59 Å². The van der Waals surface area contributed by atoms with Crippen molar-refractivity contribution in [2.75, 3.05) is 12.9 Å². The number of halogens is 3. The van der Waals surface area contributed by atoms with Crippen molar-refractivity contribution in [3.05, 3.63) is 118 Å². The van der Waals surface area contributed by atoms with E-state index >= 15 is 0 Å². The molecule has 0 heterocycles. The number of benzene rings is 4. The summed E-state index contributed by atoms with van der Waals surface area (Å²) in [6, 6.07) is 30.9. The molecule has 0 unspecified atom stereocenters. The minimum atomic E-state index is -1.41. The maximum Gasteiger partial charge on any atom is 0.511 e. The minimum absolute atomic E-state index is 0.0935. The Morgan fingerprint density at radius 2 is 0.985 bits per heavy atom. The average Bonchev–Trinajstić information content (AvgIpc) is 3.23. The van der Waals surface area contributed by atoms with Crippen molar-refractivity contribution < 1.29 is 68.2 Å². The van der Waals surface area contributed by atoms with Crippen molar-refractivity contribution in [1.29, 1.82) is 0 Å². The SMILES string of the molecule is CB(O)C[C@H](Cc1ccc(-c2cccc(Cl)c2)cc1)C[C@@H](O)C(=O)O.CB(O)C[C@H](Cc1ccc(-c2cccc(Cl)c2)cc1)C[C@@H](O)C(=O)OCOC(=O)OC(C)C.CC(C)OC(=O)OCCl. The van der Waals surface area contributed by atoms with Gasteiger partial charge in [-0.05, 0) is 136 Å². The number of hydrogen-bond donors (Lipinski definition) is 5. The number of aliphatic hydroxyl groups excluding tert-OH is 2. The Kier molecular flexibility index (Phi) is 27.2. The summed E-state index contributed by atoms with van der Waals surface area (Å²) in [6.07, 6.45) is -2.79. The molecule has 364 valence electrons. The summed E-state index contributed by atoms with van der Waals surface area (Å²) in [5.41, 5.74) is 6.14. The maximum absolute atomic E-state index is 12.1. The van der Waals surface area contributed by atoms with Crippen LogP contribution in [0.2, 0.25) is 36.3 Å². The summed E-state index contributed by atoms with van der Waals surface area (Å²) in [5.74, 6) is -2.41. The third-order valence-corrected chi connectivity index (χ3v) is 10.1. The number of rotatable bonds is 21. The van der Waals surface area contributed by atoms with Crippen molar-refractivity contribution in [2.45, 2.75) is 104 Å². The molecular formula is C48H61B2Cl3O14. The molecule has 19 heteroatoms. The van der Waals surface area contributed by atoms with E-state index in [9.17, 15) is 39.4 Å². The standard InChI is InChI=1S/C24H30BClO7.C19H22BClO4.C5H9ClO3/c1-16(2)33-24(29)32-15-31-23(28)22(27)12-18(14-25(3)30)11-17-7-9-19(10-8-17)20-5-4-6-21(26)13-20;1-20(25)12-14(10-18(22)19(23)24)9-13-5-7-15(8-6-13)16-3-2-4-17(21)11-16;1-4(2)9-5(7)8-3-6/h4-10,13,16,18,22,27,30H,11-12,14-15H2,1-3H3;2-8,11,14,18,22,25H,9-10,12H2,1H3,(H,23,24);4H,3H2,1-2H3/t18-,22-;14-,18-;/m11./s1. The Hall–Kier alpha value is -4.80. The predicted molar refractivity (Wildman–Crippen MR) is 261 cm³/mol. The van der Waals surface area contributed by atoms with Gasteiger partial charge in [-0.3, -0.25) is 0 Å². The van der Waals surface area contributed by atoms with Crippen LogP contribution in [0.3, 0.4) is 0 Å². The molecule has 0 fully saturated rings. The summed E-state index contributed by atoms with van der Waals surface area (Å²) in [6.45, 7) is 8.32. The monoisotopic (exact) mass is 988 g/mol. The number of esters is 1. The molecule has 4 rings (SSSR count).